The maximum Gasteiger partial charge on any atom is 0.434 e. The number of nitrogens with zero attached hydrogens (tertiary/aromatic N) is 4. The number of hydrogen-bond acceptors (Lipinski definition) is 7. The van der Waals surface area contributed by atoms with Crippen molar-refractivity contribution in [1.29, 1.82) is 0 Å². The molecule has 4 rings (SSSR count). The summed E-state index contributed by atoms with van der Waals surface area (Å²) in [6.07, 6.45) is 2.31. The molecule has 3 N–H and O–H groups in total. The van der Waals surface area contributed by atoms with Crippen LogP contribution in [0.25, 0.3) is 0 Å². The highest BCUT2D eigenvalue weighted by Crippen LogP contribution is 2.35. The van der Waals surface area contributed by atoms with Crippen molar-refractivity contribution in [3.05, 3.63) is 52.1 Å². The van der Waals surface area contributed by atoms with Gasteiger partial charge in [0.15, 0.2) is 0 Å². The number of aromatic nitrogens is 5. The topological polar surface area (TPSA) is 114 Å². The molecular weight excluding hydrogens is 382 g/mol. The molecule has 3 aromatic heterocycles. The Balaban J connectivity index is 1.61. The van der Waals surface area contributed by atoms with Gasteiger partial charge >= 0.3 is 5.76 Å². The molecular formula is C21H29N7O2. The zero-order valence-corrected chi connectivity index (χ0v) is 18.0. The summed E-state index contributed by atoms with van der Waals surface area (Å²) in [7, 11) is 0. The Morgan fingerprint density at radius 2 is 2.03 bits per heavy atom. The lowest BCUT2D eigenvalue weighted by Gasteiger charge is -2.34. The third kappa shape index (κ3) is 4.16. The van der Waals surface area contributed by atoms with Crippen LogP contribution in [0.4, 0.5) is 11.6 Å². The van der Waals surface area contributed by atoms with E-state index in [-0.39, 0.29) is 11.0 Å². The molecule has 9 heteroatoms. The van der Waals surface area contributed by atoms with Crippen molar-refractivity contribution in [3.8, 4) is 0 Å². The number of rotatable bonds is 5. The first-order valence-electron chi connectivity index (χ1n) is 10.3. The van der Waals surface area contributed by atoms with Crippen LogP contribution in [0.1, 0.15) is 50.9 Å². The Bertz CT molecular complexity index is 1070. The van der Waals surface area contributed by atoms with Crippen LogP contribution in [0, 0.1) is 6.92 Å². The molecule has 0 unspecified atom stereocenters. The Kier molecular flexibility index (Phi) is 5.23. The number of aryl methyl sites for hydroxylation is 1. The highest BCUT2D eigenvalue weighted by atomic mass is 16.4. The average molecular weight is 412 g/mol. The van der Waals surface area contributed by atoms with Crippen molar-refractivity contribution < 1.29 is 4.42 Å². The molecule has 9 nitrogen and oxygen atoms in total. The molecule has 0 amide bonds. The van der Waals surface area contributed by atoms with Crippen LogP contribution in [0.3, 0.4) is 0 Å². The number of piperidine rings is 1. The highest BCUT2D eigenvalue weighted by Gasteiger charge is 2.39. The predicted molar refractivity (Wildman–Crippen MR) is 114 cm³/mol. The van der Waals surface area contributed by atoms with Crippen molar-refractivity contribution in [2.45, 2.75) is 57.9 Å². The fraction of sp³-hybridized carbons (Fsp3) is 0.524. The van der Waals surface area contributed by atoms with E-state index in [0.717, 1.165) is 49.0 Å². The fourth-order valence-electron chi connectivity index (χ4n) is 4.05. The fourth-order valence-corrected chi connectivity index (χ4v) is 4.05. The molecule has 4 heterocycles. The van der Waals surface area contributed by atoms with Crippen molar-refractivity contribution >= 4 is 11.6 Å². The molecule has 30 heavy (non-hydrogen) atoms. The largest absolute Gasteiger partial charge is 0.434 e. The van der Waals surface area contributed by atoms with Crippen LogP contribution in [-0.4, -0.2) is 38.1 Å². The van der Waals surface area contributed by atoms with Crippen molar-refractivity contribution in [2.24, 2.45) is 0 Å². The molecule has 0 aliphatic carbocycles. The number of hydrogen-bond donors (Lipinski definition) is 3. The van der Waals surface area contributed by atoms with E-state index in [1.54, 1.807) is 0 Å². The smallest absolute Gasteiger partial charge is 0.392 e. The summed E-state index contributed by atoms with van der Waals surface area (Å²) >= 11 is 0. The summed E-state index contributed by atoms with van der Waals surface area (Å²) in [5, 5.41) is 18.0. The zero-order chi connectivity index (χ0) is 21.4. The van der Waals surface area contributed by atoms with Crippen LogP contribution >= 0.6 is 0 Å². The molecule has 0 saturated carbocycles. The number of nitrogens with one attached hydrogen (secondary N) is 3. The Labute approximate surface area is 175 Å². The lowest BCUT2D eigenvalue weighted by atomic mass is 9.75. The number of aromatic amines is 1. The minimum absolute atomic E-state index is 0.148. The standard InChI is InChI=1S/C21H29N7O2/c1-14-12-17(28(27-14)20(2,3)4)24-16-7-5-6-15(23-16)13-21(8-10-22-11-9-21)18-25-26-19(29)30-18/h5-7,12,22H,8-11,13H2,1-4H3,(H,23,24)(H,26,29). The van der Waals surface area contributed by atoms with Gasteiger partial charge in [0.25, 0.3) is 0 Å². The van der Waals surface area contributed by atoms with Crippen LogP contribution in [-0.2, 0) is 17.4 Å². The van der Waals surface area contributed by atoms with Crippen LogP contribution in [0.15, 0.2) is 33.5 Å². The molecule has 1 aliphatic heterocycles. The molecule has 1 fully saturated rings. The van der Waals surface area contributed by atoms with Gasteiger partial charge in [-0.1, -0.05) is 6.07 Å². The second-order valence-electron chi connectivity index (χ2n) is 9.02. The summed E-state index contributed by atoms with van der Waals surface area (Å²) in [6.45, 7) is 10.0. The molecule has 0 aromatic carbocycles. The van der Waals surface area contributed by atoms with E-state index >= 15 is 0 Å². The number of anilines is 2. The van der Waals surface area contributed by atoms with Gasteiger partial charge in [-0.3, -0.25) is 0 Å². The second kappa shape index (κ2) is 7.71. The maximum absolute atomic E-state index is 11.6. The summed E-state index contributed by atoms with van der Waals surface area (Å²) < 4.78 is 7.35. The van der Waals surface area contributed by atoms with E-state index in [2.05, 4.69) is 46.7 Å². The third-order valence-corrected chi connectivity index (χ3v) is 5.50. The molecule has 0 bridgehead atoms. The first-order chi connectivity index (χ1) is 14.2. The van der Waals surface area contributed by atoms with Crippen LogP contribution in [0.2, 0.25) is 0 Å². The molecule has 0 radical (unpaired) electrons. The minimum atomic E-state index is -0.517. The van der Waals surface area contributed by atoms with Gasteiger partial charge in [-0.05, 0) is 65.8 Å². The number of H-pyrrole nitrogens is 1. The van der Waals surface area contributed by atoms with E-state index < -0.39 is 5.76 Å². The Hall–Kier alpha value is -2.94. The quantitative estimate of drug-likeness (QED) is 0.591. The van der Waals surface area contributed by atoms with Gasteiger partial charge in [-0.15, -0.1) is 5.10 Å². The third-order valence-electron chi connectivity index (χ3n) is 5.50. The molecule has 0 spiro atoms. The van der Waals surface area contributed by atoms with E-state index in [4.69, 9.17) is 9.40 Å². The predicted octanol–water partition coefficient (Wildman–Crippen LogP) is 2.63. The van der Waals surface area contributed by atoms with E-state index in [1.807, 2.05) is 35.9 Å². The lowest BCUT2D eigenvalue weighted by Crippen LogP contribution is -2.42. The van der Waals surface area contributed by atoms with Gasteiger partial charge in [-0.2, -0.15) is 5.10 Å². The molecule has 0 atom stereocenters. The monoisotopic (exact) mass is 411 g/mol. The summed E-state index contributed by atoms with van der Waals surface area (Å²) in [6, 6.07) is 7.96. The maximum atomic E-state index is 11.6. The van der Waals surface area contributed by atoms with Crippen molar-refractivity contribution in [2.75, 3.05) is 18.4 Å². The zero-order valence-electron chi connectivity index (χ0n) is 18.0. The van der Waals surface area contributed by atoms with E-state index in [1.165, 1.54) is 0 Å². The van der Waals surface area contributed by atoms with Gasteiger partial charge in [0.05, 0.1) is 16.6 Å². The minimum Gasteiger partial charge on any atom is -0.392 e. The molecule has 160 valence electrons. The summed E-state index contributed by atoms with van der Waals surface area (Å²) in [5.41, 5.74) is 1.38. The van der Waals surface area contributed by atoms with Gasteiger partial charge in [0.1, 0.15) is 11.6 Å². The summed E-state index contributed by atoms with van der Waals surface area (Å²) in [5.74, 6) is 1.61. The first-order valence-corrected chi connectivity index (χ1v) is 10.3. The van der Waals surface area contributed by atoms with Gasteiger partial charge < -0.3 is 15.1 Å². The number of pyridine rings is 1. The van der Waals surface area contributed by atoms with Crippen molar-refractivity contribution in [3.63, 3.8) is 0 Å². The first kappa shape index (κ1) is 20.3. The molecule has 3 aromatic rings. The highest BCUT2D eigenvalue weighted by molar-refractivity contribution is 5.53. The average Bonchev–Trinajstić information content (AvgIpc) is 3.28. The van der Waals surface area contributed by atoms with Crippen LogP contribution < -0.4 is 16.4 Å². The molecule has 1 aliphatic rings. The lowest BCUT2D eigenvalue weighted by molar-refractivity contribution is 0.238. The van der Waals surface area contributed by atoms with Gasteiger partial charge in [0.2, 0.25) is 5.89 Å². The van der Waals surface area contributed by atoms with E-state index in [9.17, 15) is 4.79 Å². The Morgan fingerprint density at radius 3 is 2.70 bits per heavy atom. The second-order valence-corrected chi connectivity index (χ2v) is 9.02. The van der Waals surface area contributed by atoms with E-state index in [0.29, 0.717) is 12.3 Å². The van der Waals surface area contributed by atoms with Crippen LogP contribution in [0.5, 0.6) is 0 Å². The van der Waals surface area contributed by atoms with Gasteiger partial charge in [0, 0.05) is 18.2 Å². The SMILES string of the molecule is Cc1cc(Nc2cccc(CC3(c4n[nH]c(=O)o4)CCNCC3)n2)n(C(C)(C)C)n1. The normalized spacial score (nSPS) is 16.5. The summed E-state index contributed by atoms with van der Waals surface area (Å²) in [4.78, 5) is 16.4. The molecule has 1 saturated heterocycles. The van der Waals surface area contributed by atoms with Crippen molar-refractivity contribution in [1.82, 2.24) is 30.3 Å². The van der Waals surface area contributed by atoms with Gasteiger partial charge in [-0.25, -0.2) is 19.6 Å². The Morgan fingerprint density at radius 1 is 1.27 bits per heavy atom.